The molecule has 0 spiro atoms. The summed E-state index contributed by atoms with van der Waals surface area (Å²) in [6.07, 6.45) is 0. The van der Waals surface area contributed by atoms with Crippen LogP contribution < -0.4 is 14.8 Å². The Labute approximate surface area is 163 Å². The molecule has 1 amide bonds. The van der Waals surface area contributed by atoms with Crippen LogP contribution in [-0.2, 0) is 14.8 Å². The van der Waals surface area contributed by atoms with Crippen molar-refractivity contribution in [1.82, 2.24) is 0 Å². The highest BCUT2D eigenvalue weighted by atomic mass is 79.9. The van der Waals surface area contributed by atoms with Crippen molar-refractivity contribution in [3.05, 3.63) is 44.8 Å². The van der Waals surface area contributed by atoms with E-state index in [0.717, 1.165) is 0 Å². The number of hydrogen-bond donors (Lipinski definition) is 2. The Morgan fingerprint density at radius 3 is 2.48 bits per heavy atom. The largest absolute Gasteiger partial charge is 0.494 e. The third-order valence-corrected chi connectivity index (χ3v) is 5.52. The van der Waals surface area contributed by atoms with E-state index in [4.69, 9.17) is 27.9 Å². The van der Waals surface area contributed by atoms with Crippen LogP contribution in [0.25, 0.3) is 0 Å². The van der Waals surface area contributed by atoms with E-state index in [1.165, 1.54) is 44.4 Å². The van der Waals surface area contributed by atoms with Gasteiger partial charge in [0.15, 0.2) is 5.75 Å². The molecule has 0 unspecified atom stereocenters. The molecule has 134 valence electrons. The summed E-state index contributed by atoms with van der Waals surface area (Å²) in [7, 11) is -2.65. The van der Waals surface area contributed by atoms with Gasteiger partial charge in [0.05, 0.1) is 28.0 Å². The molecule has 0 atom stereocenters. The maximum atomic E-state index is 12.7. The number of anilines is 2. The number of rotatable bonds is 5. The van der Waals surface area contributed by atoms with Crippen LogP contribution in [0.4, 0.5) is 11.4 Å². The predicted molar refractivity (Wildman–Crippen MR) is 102 cm³/mol. The fraction of sp³-hybridized carbons (Fsp3) is 0.133. The number of sulfonamides is 1. The molecule has 25 heavy (non-hydrogen) atoms. The summed E-state index contributed by atoms with van der Waals surface area (Å²) in [4.78, 5) is 11.1. The highest BCUT2D eigenvalue weighted by molar-refractivity contribution is 9.10. The summed E-state index contributed by atoms with van der Waals surface area (Å²) >= 11 is 15.1. The number of hydrogen-bond acceptors (Lipinski definition) is 4. The Morgan fingerprint density at radius 2 is 1.88 bits per heavy atom. The van der Waals surface area contributed by atoms with Gasteiger partial charge in [-0.15, -0.1) is 0 Å². The van der Waals surface area contributed by atoms with Crippen LogP contribution in [0.15, 0.2) is 39.7 Å². The second-order valence-corrected chi connectivity index (χ2v) is 8.25. The van der Waals surface area contributed by atoms with E-state index in [9.17, 15) is 13.2 Å². The van der Waals surface area contributed by atoms with Gasteiger partial charge in [0.1, 0.15) is 4.90 Å². The van der Waals surface area contributed by atoms with E-state index in [2.05, 4.69) is 26.0 Å². The fourth-order valence-corrected chi connectivity index (χ4v) is 4.62. The molecule has 10 heteroatoms. The highest BCUT2D eigenvalue weighted by Gasteiger charge is 2.23. The number of halogens is 3. The lowest BCUT2D eigenvalue weighted by atomic mass is 10.3. The van der Waals surface area contributed by atoms with Crippen LogP contribution in [0.5, 0.6) is 5.75 Å². The molecule has 0 aromatic heterocycles. The second kappa shape index (κ2) is 7.82. The molecule has 0 bridgehead atoms. The molecule has 0 radical (unpaired) electrons. The Hall–Kier alpha value is -1.48. The smallest absolute Gasteiger partial charge is 0.265 e. The van der Waals surface area contributed by atoms with Crippen molar-refractivity contribution < 1.29 is 17.9 Å². The van der Waals surface area contributed by atoms with Gasteiger partial charge in [0, 0.05) is 11.9 Å². The van der Waals surface area contributed by atoms with Crippen LogP contribution in [0.1, 0.15) is 6.92 Å². The molecule has 0 fully saturated rings. The van der Waals surface area contributed by atoms with Gasteiger partial charge in [-0.1, -0.05) is 23.2 Å². The third kappa shape index (κ3) is 4.78. The van der Waals surface area contributed by atoms with Crippen molar-refractivity contribution in [1.29, 1.82) is 0 Å². The van der Waals surface area contributed by atoms with Gasteiger partial charge >= 0.3 is 0 Å². The number of carbonyl (C=O) groups excluding carboxylic acids is 1. The fourth-order valence-electron chi connectivity index (χ4n) is 2.02. The topological polar surface area (TPSA) is 84.5 Å². The normalized spacial score (nSPS) is 11.1. The monoisotopic (exact) mass is 466 g/mol. The number of methoxy groups -OCH3 is 1. The SMILES string of the molecule is COc1c(Br)cc(Cl)cc1S(=O)(=O)Nc1ccc(Cl)c(NC(C)=O)c1. The molecule has 6 nitrogen and oxygen atoms in total. The summed E-state index contributed by atoms with van der Waals surface area (Å²) in [5.74, 6) is -0.213. The lowest BCUT2D eigenvalue weighted by Gasteiger charge is -2.14. The predicted octanol–water partition coefficient (Wildman–Crippen LogP) is 4.52. The van der Waals surface area contributed by atoms with Gasteiger partial charge in [-0.05, 0) is 46.3 Å². The number of ether oxygens (including phenoxy) is 1. The van der Waals surface area contributed by atoms with E-state index < -0.39 is 10.0 Å². The van der Waals surface area contributed by atoms with E-state index in [0.29, 0.717) is 4.47 Å². The molecule has 0 aliphatic rings. The Morgan fingerprint density at radius 1 is 1.20 bits per heavy atom. The van der Waals surface area contributed by atoms with Crippen molar-refractivity contribution in [3.63, 3.8) is 0 Å². The number of benzene rings is 2. The molecule has 2 N–H and O–H groups in total. The third-order valence-electron chi connectivity index (χ3n) is 3.00. The molecule has 2 aromatic carbocycles. The van der Waals surface area contributed by atoms with E-state index in [1.54, 1.807) is 0 Å². The summed E-state index contributed by atoms with van der Waals surface area (Å²) in [6, 6.07) is 7.15. The van der Waals surface area contributed by atoms with Crippen LogP contribution >= 0.6 is 39.1 Å². The lowest BCUT2D eigenvalue weighted by Crippen LogP contribution is -2.15. The first-order valence-corrected chi connectivity index (χ1v) is 9.80. The maximum Gasteiger partial charge on any atom is 0.265 e. The molecule has 0 saturated carbocycles. The number of amides is 1. The minimum atomic E-state index is -4.00. The van der Waals surface area contributed by atoms with E-state index in [-0.39, 0.29) is 38.0 Å². The van der Waals surface area contributed by atoms with Gasteiger partial charge in [-0.25, -0.2) is 8.42 Å². The second-order valence-electron chi connectivity index (χ2n) is 4.90. The zero-order valence-electron chi connectivity index (χ0n) is 13.1. The van der Waals surface area contributed by atoms with Crippen molar-refractivity contribution in [2.75, 3.05) is 17.1 Å². The average Bonchev–Trinajstić information content (AvgIpc) is 2.49. The van der Waals surface area contributed by atoms with Crippen LogP contribution in [0, 0.1) is 0 Å². The molecule has 2 rings (SSSR count). The minimum absolute atomic E-state index is 0.118. The zero-order valence-corrected chi connectivity index (χ0v) is 17.0. The van der Waals surface area contributed by atoms with Gasteiger partial charge in [-0.3, -0.25) is 9.52 Å². The van der Waals surface area contributed by atoms with E-state index in [1.807, 2.05) is 0 Å². The molecule has 0 aliphatic heterocycles. The van der Waals surface area contributed by atoms with Crippen molar-refractivity contribution >= 4 is 66.4 Å². The van der Waals surface area contributed by atoms with Crippen LogP contribution in [0.3, 0.4) is 0 Å². The van der Waals surface area contributed by atoms with Gasteiger partial charge < -0.3 is 10.1 Å². The zero-order chi connectivity index (χ0) is 18.8. The highest BCUT2D eigenvalue weighted by Crippen LogP contribution is 2.36. The first kappa shape index (κ1) is 19.8. The summed E-state index contributed by atoms with van der Waals surface area (Å²) < 4.78 is 33.4. The average molecular weight is 468 g/mol. The summed E-state index contributed by atoms with van der Waals surface area (Å²) in [5, 5.41) is 3.02. The molecular weight excluding hydrogens is 455 g/mol. The Kier molecular flexibility index (Phi) is 6.21. The van der Waals surface area contributed by atoms with E-state index >= 15 is 0 Å². The number of carbonyl (C=O) groups is 1. The standard InChI is InChI=1S/C15H13BrCl2N2O4S/c1-8(21)19-13-7-10(3-4-12(13)18)20-25(22,23)14-6-9(17)5-11(16)15(14)24-2/h3-7,20H,1-2H3,(H,19,21). The summed E-state index contributed by atoms with van der Waals surface area (Å²) in [5.41, 5.74) is 0.500. The summed E-state index contributed by atoms with van der Waals surface area (Å²) in [6.45, 7) is 1.32. The molecule has 0 heterocycles. The van der Waals surface area contributed by atoms with Gasteiger partial charge in [0.25, 0.3) is 10.0 Å². The Bertz CT molecular complexity index is 935. The maximum absolute atomic E-state index is 12.7. The lowest BCUT2D eigenvalue weighted by molar-refractivity contribution is -0.114. The minimum Gasteiger partial charge on any atom is -0.494 e. The quantitative estimate of drug-likeness (QED) is 0.676. The van der Waals surface area contributed by atoms with Crippen molar-refractivity contribution in [3.8, 4) is 5.75 Å². The van der Waals surface area contributed by atoms with Gasteiger partial charge in [0.2, 0.25) is 5.91 Å². The van der Waals surface area contributed by atoms with Crippen molar-refractivity contribution in [2.24, 2.45) is 0 Å². The number of nitrogens with one attached hydrogen (secondary N) is 2. The molecular formula is C15H13BrCl2N2O4S. The first-order chi connectivity index (χ1) is 11.6. The Balaban J connectivity index is 2.45. The molecule has 0 aliphatic carbocycles. The first-order valence-electron chi connectivity index (χ1n) is 6.77. The molecule has 2 aromatic rings. The van der Waals surface area contributed by atoms with Crippen molar-refractivity contribution in [2.45, 2.75) is 11.8 Å². The van der Waals surface area contributed by atoms with Crippen LogP contribution in [0.2, 0.25) is 10.0 Å². The van der Waals surface area contributed by atoms with Crippen LogP contribution in [-0.4, -0.2) is 21.4 Å². The van der Waals surface area contributed by atoms with Gasteiger partial charge in [-0.2, -0.15) is 0 Å². The molecule has 0 saturated heterocycles.